The fourth-order valence-corrected chi connectivity index (χ4v) is 3.02. The first kappa shape index (κ1) is 22.7. The van der Waals surface area contributed by atoms with Crippen LogP contribution in [0.2, 0.25) is 0 Å². The Morgan fingerprint density at radius 2 is 1.91 bits per heavy atom. The molecule has 1 aromatic heterocycles. The first-order chi connectivity index (χ1) is 15.2. The van der Waals surface area contributed by atoms with Crippen LogP contribution in [0.4, 0.5) is 20.7 Å². The number of ether oxygens (including phenoxy) is 1. The van der Waals surface area contributed by atoms with Crippen molar-refractivity contribution < 1.29 is 28.3 Å². The summed E-state index contributed by atoms with van der Waals surface area (Å²) in [6.45, 7) is 2.85. The van der Waals surface area contributed by atoms with E-state index in [1.807, 2.05) is 0 Å². The number of rotatable bonds is 7. The smallest absolute Gasteiger partial charge is 0.414 e. The van der Waals surface area contributed by atoms with Crippen molar-refractivity contribution in [3.63, 3.8) is 0 Å². The number of hydrogen-bond acceptors (Lipinski definition) is 6. The van der Waals surface area contributed by atoms with Gasteiger partial charge in [0.05, 0.1) is 25.3 Å². The van der Waals surface area contributed by atoms with E-state index in [0.717, 1.165) is 0 Å². The van der Waals surface area contributed by atoms with E-state index in [0.29, 0.717) is 11.3 Å². The van der Waals surface area contributed by atoms with E-state index in [4.69, 9.17) is 4.74 Å². The average molecular weight is 443 g/mol. The molecule has 1 unspecified atom stereocenters. The molecule has 2 aromatic rings. The van der Waals surface area contributed by atoms with Gasteiger partial charge in [0, 0.05) is 31.2 Å². The number of nitrogens with one attached hydrogen (secondary N) is 3. The van der Waals surface area contributed by atoms with Crippen molar-refractivity contribution in [2.24, 2.45) is 0 Å². The van der Waals surface area contributed by atoms with Crippen LogP contribution in [-0.4, -0.2) is 54.5 Å². The maximum atomic E-state index is 14.8. The fraction of sp³-hybridized carbons (Fsp3) is 0.286. The summed E-state index contributed by atoms with van der Waals surface area (Å²) in [5.41, 5.74) is 1.07. The average Bonchev–Trinajstić information content (AvgIpc) is 3.12. The quantitative estimate of drug-likeness (QED) is 0.594. The number of aromatic nitrogens is 1. The van der Waals surface area contributed by atoms with Crippen LogP contribution in [0.25, 0.3) is 11.1 Å². The minimum Gasteiger partial charge on any atom is -0.442 e. The summed E-state index contributed by atoms with van der Waals surface area (Å²) in [5.74, 6) is -1.31. The first-order valence-electron chi connectivity index (χ1n) is 9.76. The molecule has 11 heteroatoms. The van der Waals surface area contributed by atoms with Gasteiger partial charge in [0.2, 0.25) is 17.7 Å². The summed E-state index contributed by atoms with van der Waals surface area (Å²) in [7, 11) is 0. The summed E-state index contributed by atoms with van der Waals surface area (Å²) in [4.78, 5) is 51.1. The van der Waals surface area contributed by atoms with Crippen LogP contribution in [0.1, 0.15) is 13.8 Å². The summed E-state index contributed by atoms with van der Waals surface area (Å²) in [5, 5.41) is 7.47. The van der Waals surface area contributed by atoms with Gasteiger partial charge in [0.15, 0.2) is 0 Å². The Labute approximate surface area is 183 Å². The predicted molar refractivity (Wildman–Crippen MR) is 113 cm³/mol. The topological polar surface area (TPSA) is 130 Å². The zero-order valence-electron chi connectivity index (χ0n) is 17.5. The van der Waals surface area contributed by atoms with Crippen molar-refractivity contribution in [3.05, 3.63) is 42.3 Å². The Balaban J connectivity index is 1.66. The van der Waals surface area contributed by atoms with Crippen LogP contribution < -0.4 is 20.9 Å². The second-order valence-electron chi connectivity index (χ2n) is 7.11. The van der Waals surface area contributed by atoms with Gasteiger partial charge in [0.1, 0.15) is 17.7 Å². The van der Waals surface area contributed by atoms with Crippen molar-refractivity contribution >= 4 is 35.3 Å². The highest BCUT2D eigenvalue weighted by Gasteiger charge is 2.32. The van der Waals surface area contributed by atoms with E-state index in [-0.39, 0.29) is 42.8 Å². The third kappa shape index (κ3) is 5.78. The number of carbonyl (C=O) groups excluding carboxylic acids is 4. The number of nitrogens with zero attached hydrogens (tertiary/aromatic N) is 2. The van der Waals surface area contributed by atoms with Gasteiger partial charge < -0.3 is 20.7 Å². The van der Waals surface area contributed by atoms with Gasteiger partial charge in [-0.1, -0.05) is 0 Å². The molecular formula is C21H22FN5O5. The van der Waals surface area contributed by atoms with Gasteiger partial charge in [0.25, 0.3) is 0 Å². The van der Waals surface area contributed by atoms with E-state index in [1.165, 1.54) is 43.1 Å². The SMILES string of the molecule is CC(=O)NCC(=O)Nc1ccc(-c2ccc(N3CC(CNC(C)=O)OC3=O)cc2F)cn1. The van der Waals surface area contributed by atoms with Crippen LogP contribution in [0.15, 0.2) is 36.5 Å². The maximum absolute atomic E-state index is 14.8. The molecule has 1 aliphatic rings. The molecule has 10 nitrogen and oxygen atoms in total. The maximum Gasteiger partial charge on any atom is 0.414 e. The summed E-state index contributed by atoms with van der Waals surface area (Å²) >= 11 is 0. The standard InChI is InChI=1S/C21H22FN5O5/c1-12(28)23-9-16-11-27(21(31)32-16)15-4-5-17(18(22)7-15)14-3-6-19(25-8-14)26-20(30)10-24-13(2)29/h3-8,16H,9-11H2,1-2H3,(H,23,28)(H,24,29)(H,25,26,30). The zero-order chi connectivity index (χ0) is 23.3. The van der Waals surface area contributed by atoms with Crippen LogP contribution in [0.5, 0.6) is 0 Å². The molecule has 1 fully saturated rings. The van der Waals surface area contributed by atoms with E-state index in [1.54, 1.807) is 12.1 Å². The molecule has 3 rings (SSSR count). The van der Waals surface area contributed by atoms with Crippen molar-refractivity contribution in [1.29, 1.82) is 0 Å². The predicted octanol–water partition coefficient (Wildman–Crippen LogP) is 1.42. The van der Waals surface area contributed by atoms with Gasteiger partial charge in [-0.2, -0.15) is 0 Å². The summed E-state index contributed by atoms with van der Waals surface area (Å²) in [6.07, 6.45) is 0.264. The van der Waals surface area contributed by atoms with Crippen LogP contribution in [0.3, 0.4) is 0 Å². The number of pyridine rings is 1. The highest BCUT2D eigenvalue weighted by Crippen LogP contribution is 2.29. The van der Waals surface area contributed by atoms with Gasteiger partial charge in [-0.15, -0.1) is 0 Å². The normalized spacial score (nSPS) is 15.2. The number of cyclic esters (lactones) is 1. The molecule has 168 valence electrons. The third-order valence-corrected chi connectivity index (χ3v) is 4.56. The van der Waals surface area contributed by atoms with Gasteiger partial charge >= 0.3 is 6.09 Å². The van der Waals surface area contributed by atoms with E-state index in [9.17, 15) is 23.6 Å². The molecule has 0 saturated carbocycles. The van der Waals surface area contributed by atoms with Crippen LogP contribution in [0, 0.1) is 5.82 Å². The lowest BCUT2D eigenvalue weighted by Crippen LogP contribution is -2.33. The number of amides is 4. The highest BCUT2D eigenvalue weighted by molar-refractivity contribution is 5.93. The molecule has 1 aliphatic heterocycles. The Morgan fingerprint density at radius 3 is 2.53 bits per heavy atom. The lowest BCUT2D eigenvalue weighted by molar-refractivity contribution is -0.122. The lowest BCUT2D eigenvalue weighted by Gasteiger charge is -2.14. The van der Waals surface area contributed by atoms with E-state index in [2.05, 4.69) is 20.9 Å². The highest BCUT2D eigenvalue weighted by atomic mass is 19.1. The number of halogens is 1. The van der Waals surface area contributed by atoms with Crippen molar-refractivity contribution in [2.75, 3.05) is 29.9 Å². The molecule has 1 aromatic carbocycles. The van der Waals surface area contributed by atoms with Crippen LogP contribution in [-0.2, 0) is 19.1 Å². The summed E-state index contributed by atoms with van der Waals surface area (Å²) < 4.78 is 20.0. The van der Waals surface area contributed by atoms with Gasteiger partial charge in [-0.25, -0.2) is 14.2 Å². The molecule has 32 heavy (non-hydrogen) atoms. The first-order valence-corrected chi connectivity index (χ1v) is 9.76. The van der Waals surface area contributed by atoms with Crippen LogP contribution >= 0.6 is 0 Å². The monoisotopic (exact) mass is 443 g/mol. The zero-order valence-corrected chi connectivity index (χ0v) is 17.5. The minimum absolute atomic E-state index is 0.178. The van der Waals surface area contributed by atoms with Crippen molar-refractivity contribution in [3.8, 4) is 11.1 Å². The molecule has 4 amide bonds. The third-order valence-electron chi connectivity index (χ3n) is 4.56. The molecule has 0 radical (unpaired) electrons. The molecule has 2 heterocycles. The molecule has 0 bridgehead atoms. The Hall–Kier alpha value is -4.02. The number of anilines is 2. The Kier molecular flexibility index (Phi) is 6.98. The molecule has 1 saturated heterocycles. The summed E-state index contributed by atoms with van der Waals surface area (Å²) in [6, 6.07) is 7.43. The Bertz CT molecular complexity index is 1040. The van der Waals surface area contributed by atoms with Gasteiger partial charge in [-0.05, 0) is 30.3 Å². The number of hydrogen-bond donors (Lipinski definition) is 3. The largest absolute Gasteiger partial charge is 0.442 e. The Morgan fingerprint density at radius 1 is 1.16 bits per heavy atom. The van der Waals surface area contributed by atoms with E-state index >= 15 is 0 Å². The second kappa shape index (κ2) is 9.86. The fourth-order valence-electron chi connectivity index (χ4n) is 3.02. The lowest BCUT2D eigenvalue weighted by atomic mass is 10.1. The molecule has 1 atom stereocenters. The van der Waals surface area contributed by atoms with E-state index < -0.39 is 23.9 Å². The van der Waals surface area contributed by atoms with Gasteiger partial charge in [-0.3, -0.25) is 19.3 Å². The molecule has 0 spiro atoms. The molecule has 0 aliphatic carbocycles. The number of carbonyl (C=O) groups is 4. The minimum atomic E-state index is -0.617. The van der Waals surface area contributed by atoms with Crippen molar-refractivity contribution in [2.45, 2.75) is 20.0 Å². The van der Waals surface area contributed by atoms with Crippen molar-refractivity contribution in [1.82, 2.24) is 15.6 Å². The molecule has 3 N–H and O–H groups in total. The molecular weight excluding hydrogens is 421 g/mol. The number of benzene rings is 1. The second-order valence-corrected chi connectivity index (χ2v) is 7.11.